The molecule has 0 saturated heterocycles. The second-order valence-corrected chi connectivity index (χ2v) is 6.48. The summed E-state index contributed by atoms with van der Waals surface area (Å²) in [5.74, 6) is -2.37. The lowest BCUT2D eigenvalue weighted by atomic mass is 9.75. The van der Waals surface area contributed by atoms with Crippen molar-refractivity contribution in [2.45, 2.75) is 32.6 Å². The zero-order valence-electron chi connectivity index (χ0n) is 15.5. The second kappa shape index (κ2) is 8.20. The molecule has 142 valence electrons. The number of hydrogen-bond acceptors (Lipinski definition) is 6. The van der Waals surface area contributed by atoms with Gasteiger partial charge in [-0.2, -0.15) is 0 Å². The van der Waals surface area contributed by atoms with Crippen LogP contribution in [0.1, 0.15) is 38.2 Å². The topological polar surface area (TPSA) is 81.7 Å². The first-order valence-corrected chi connectivity index (χ1v) is 9.18. The van der Waals surface area contributed by atoms with Crippen molar-refractivity contribution < 1.29 is 23.9 Å². The van der Waals surface area contributed by atoms with Crippen molar-refractivity contribution >= 4 is 17.7 Å². The highest BCUT2D eigenvalue weighted by Gasteiger charge is 2.43. The molecule has 27 heavy (non-hydrogen) atoms. The molecular weight excluding hydrogens is 346 g/mol. The van der Waals surface area contributed by atoms with Gasteiger partial charge in [-0.15, -0.1) is 0 Å². The van der Waals surface area contributed by atoms with Gasteiger partial charge in [0.2, 0.25) is 0 Å². The van der Waals surface area contributed by atoms with Crippen molar-refractivity contribution in [1.82, 2.24) is 5.32 Å². The number of carbonyl (C=O) groups excluding carboxylic acids is 3. The van der Waals surface area contributed by atoms with Gasteiger partial charge in [-0.1, -0.05) is 30.3 Å². The molecule has 1 aliphatic carbocycles. The van der Waals surface area contributed by atoms with Gasteiger partial charge in [-0.25, -0.2) is 4.79 Å². The zero-order valence-corrected chi connectivity index (χ0v) is 15.5. The normalized spacial score (nSPS) is 21.7. The van der Waals surface area contributed by atoms with E-state index in [4.69, 9.17) is 9.47 Å². The molecule has 3 rings (SSSR count). The maximum atomic E-state index is 13.0. The third-order valence-electron chi connectivity index (χ3n) is 4.81. The number of benzene rings is 1. The highest BCUT2D eigenvalue weighted by atomic mass is 16.5. The minimum Gasteiger partial charge on any atom is -0.465 e. The Morgan fingerprint density at radius 2 is 1.78 bits per heavy atom. The fourth-order valence-electron chi connectivity index (χ4n) is 3.63. The van der Waals surface area contributed by atoms with Crippen molar-refractivity contribution in [2.24, 2.45) is 5.92 Å². The van der Waals surface area contributed by atoms with Gasteiger partial charge < -0.3 is 14.8 Å². The quantitative estimate of drug-likeness (QED) is 0.804. The molecule has 2 atom stereocenters. The number of dihydropyridines is 1. The number of esters is 2. The molecule has 0 fully saturated rings. The van der Waals surface area contributed by atoms with E-state index in [0.29, 0.717) is 17.7 Å². The number of nitrogens with one attached hydrogen (secondary N) is 1. The fourth-order valence-corrected chi connectivity index (χ4v) is 3.63. The summed E-state index contributed by atoms with van der Waals surface area (Å²) in [6, 6.07) is 9.81. The van der Waals surface area contributed by atoms with Crippen molar-refractivity contribution in [3.63, 3.8) is 0 Å². The molecule has 0 bridgehead atoms. The van der Waals surface area contributed by atoms with E-state index in [1.165, 1.54) is 6.20 Å². The number of hydrogen-bond donors (Lipinski definition) is 1. The Morgan fingerprint density at radius 3 is 2.44 bits per heavy atom. The summed E-state index contributed by atoms with van der Waals surface area (Å²) in [7, 11) is 0. The minimum atomic E-state index is -1.04. The largest absolute Gasteiger partial charge is 0.465 e. The molecule has 1 heterocycles. The van der Waals surface area contributed by atoms with Gasteiger partial charge in [0.25, 0.3) is 0 Å². The summed E-state index contributed by atoms with van der Waals surface area (Å²) in [5.41, 5.74) is 2.19. The van der Waals surface area contributed by atoms with Crippen LogP contribution in [0.15, 0.2) is 53.4 Å². The Bertz CT molecular complexity index is 809. The molecule has 6 heteroatoms. The average molecular weight is 369 g/mol. The predicted molar refractivity (Wildman–Crippen MR) is 98.4 cm³/mol. The third-order valence-corrected chi connectivity index (χ3v) is 4.81. The lowest BCUT2D eigenvalue weighted by Crippen LogP contribution is -2.38. The molecule has 6 nitrogen and oxygen atoms in total. The monoisotopic (exact) mass is 369 g/mol. The van der Waals surface area contributed by atoms with Crippen molar-refractivity contribution in [3.05, 3.63) is 58.9 Å². The van der Waals surface area contributed by atoms with E-state index in [2.05, 4.69) is 5.32 Å². The van der Waals surface area contributed by atoms with E-state index < -0.39 is 17.9 Å². The van der Waals surface area contributed by atoms with Gasteiger partial charge in [0.1, 0.15) is 5.92 Å². The third kappa shape index (κ3) is 3.79. The summed E-state index contributed by atoms with van der Waals surface area (Å²) >= 11 is 0. The number of allylic oxidation sites excluding steroid dienone is 1. The van der Waals surface area contributed by atoms with Crippen LogP contribution in [-0.4, -0.2) is 30.9 Å². The van der Waals surface area contributed by atoms with E-state index >= 15 is 0 Å². The van der Waals surface area contributed by atoms with E-state index in [0.717, 1.165) is 5.56 Å². The lowest BCUT2D eigenvalue weighted by molar-refractivity contribution is -0.149. The lowest BCUT2D eigenvalue weighted by Gasteiger charge is -2.33. The predicted octanol–water partition coefficient (Wildman–Crippen LogP) is 2.62. The molecule has 1 aromatic carbocycles. The molecule has 1 aromatic rings. The Balaban J connectivity index is 1.95. The van der Waals surface area contributed by atoms with Gasteiger partial charge in [0.05, 0.1) is 18.8 Å². The molecule has 1 aliphatic heterocycles. The summed E-state index contributed by atoms with van der Waals surface area (Å²) in [4.78, 5) is 37.9. The summed E-state index contributed by atoms with van der Waals surface area (Å²) in [6.07, 6.45) is 2.35. The first kappa shape index (κ1) is 18.9. The number of ether oxygens (including phenoxy) is 2. The maximum absolute atomic E-state index is 13.0. The summed E-state index contributed by atoms with van der Waals surface area (Å²) in [5, 5.41) is 3.06. The van der Waals surface area contributed by atoms with Crippen LogP contribution < -0.4 is 5.32 Å². The fraction of sp³-hybridized carbons (Fsp3) is 0.381. The van der Waals surface area contributed by atoms with Gasteiger partial charge in [-0.3, -0.25) is 9.59 Å². The number of carbonyl (C=O) groups is 3. The van der Waals surface area contributed by atoms with E-state index in [1.807, 2.05) is 30.3 Å². The average Bonchev–Trinajstić information content (AvgIpc) is 2.68. The first-order valence-electron chi connectivity index (χ1n) is 9.18. The Hall–Kier alpha value is -2.89. The molecule has 0 saturated carbocycles. The molecular formula is C21H23NO5. The summed E-state index contributed by atoms with van der Waals surface area (Å²) < 4.78 is 10.2. The maximum Gasteiger partial charge on any atom is 0.336 e. The molecule has 1 N–H and O–H groups in total. The standard InChI is InChI=1S/C21H23NO5/c1-3-26-20(24)15-12-22-16-10-14(13-8-6-5-7-9-13)11-17(23)19(16)18(15)21(25)27-4-2/h5-9,12,14,18,22H,3-4,10-11H2,1-2H3/t14-,18+/m0/s1. The van der Waals surface area contributed by atoms with Gasteiger partial charge >= 0.3 is 11.9 Å². The van der Waals surface area contributed by atoms with Crippen LogP contribution in [0.3, 0.4) is 0 Å². The smallest absolute Gasteiger partial charge is 0.336 e. The van der Waals surface area contributed by atoms with Crippen LogP contribution in [0.2, 0.25) is 0 Å². The molecule has 0 spiro atoms. The molecule has 2 aliphatic rings. The van der Waals surface area contributed by atoms with Crippen LogP contribution in [0.25, 0.3) is 0 Å². The SMILES string of the molecule is CCOC(=O)C1=CNC2=C(C(=O)C[C@@H](c3ccccc3)C2)[C@@H]1C(=O)OCC. The molecule has 0 aromatic heterocycles. The Morgan fingerprint density at radius 1 is 1.07 bits per heavy atom. The second-order valence-electron chi connectivity index (χ2n) is 6.48. The minimum absolute atomic E-state index is 0.0327. The summed E-state index contributed by atoms with van der Waals surface area (Å²) in [6.45, 7) is 3.73. The van der Waals surface area contributed by atoms with E-state index in [-0.39, 0.29) is 36.9 Å². The van der Waals surface area contributed by atoms with Crippen LogP contribution >= 0.6 is 0 Å². The van der Waals surface area contributed by atoms with E-state index in [9.17, 15) is 14.4 Å². The highest BCUT2D eigenvalue weighted by molar-refractivity contribution is 6.08. The van der Waals surface area contributed by atoms with Gasteiger partial charge in [0, 0.05) is 23.9 Å². The van der Waals surface area contributed by atoms with Crippen molar-refractivity contribution in [3.8, 4) is 0 Å². The van der Waals surface area contributed by atoms with E-state index in [1.54, 1.807) is 13.8 Å². The van der Waals surface area contributed by atoms with Crippen LogP contribution in [-0.2, 0) is 23.9 Å². The first-order chi connectivity index (χ1) is 13.1. The van der Waals surface area contributed by atoms with Crippen LogP contribution in [0, 0.1) is 5.92 Å². The van der Waals surface area contributed by atoms with Gasteiger partial charge in [-0.05, 0) is 31.7 Å². The molecule has 0 radical (unpaired) electrons. The number of ketones is 1. The number of rotatable bonds is 5. The Labute approximate surface area is 158 Å². The highest BCUT2D eigenvalue weighted by Crippen LogP contribution is 2.40. The molecule has 0 unspecified atom stereocenters. The zero-order chi connectivity index (χ0) is 19.4. The van der Waals surface area contributed by atoms with Crippen LogP contribution in [0.5, 0.6) is 0 Å². The number of Topliss-reactive ketones (excluding diaryl/α,β-unsaturated/α-hetero) is 1. The van der Waals surface area contributed by atoms with Crippen molar-refractivity contribution in [1.29, 1.82) is 0 Å². The van der Waals surface area contributed by atoms with Crippen molar-refractivity contribution in [2.75, 3.05) is 13.2 Å². The Kier molecular flexibility index (Phi) is 5.74. The molecule has 0 amide bonds. The van der Waals surface area contributed by atoms with Crippen LogP contribution in [0.4, 0.5) is 0 Å². The van der Waals surface area contributed by atoms with Gasteiger partial charge in [0.15, 0.2) is 5.78 Å².